The zero-order valence-corrected chi connectivity index (χ0v) is 15.8. The summed E-state index contributed by atoms with van der Waals surface area (Å²) in [5.41, 5.74) is 4.65. The second-order valence-corrected chi connectivity index (χ2v) is 7.40. The Kier molecular flexibility index (Phi) is 5.72. The van der Waals surface area contributed by atoms with Crippen LogP contribution in [-0.2, 0) is 11.3 Å². The molecule has 26 heavy (non-hydrogen) atoms. The van der Waals surface area contributed by atoms with Crippen LogP contribution in [0.4, 0.5) is 4.39 Å². The fourth-order valence-corrected chi connectivity index (χ4v) is 3.17. The standard InChI is InChI=1S/C22H27FN2O/c1-15-4-7-19(12-16(15)2)17(3)24-22(26)14-25(21-10-11-21)13-18-5-8-20(23)9-6-18/h4-9,12,17,21H,10-11,13-14H2,1-3H3,(H,24,26). The third-order valence-electron chi connectivity index (χ3n) is 5.12. The molecule has 1 aliphatic rings. The van der Waals surface area contributed by atoms with Crippen molar-refractivity contribution < 1.29 is 9.18 Å². The average Bonchev–Trinajstić information content (AvgIpc) is 3.43. The summed E-state index contributed by atoms with van der Waals surface area (Å²) < 4.78 is 13.1. The van der Waals surface area contributed by atoms with E-state index in [1.807, 2.05) is 6.92 Å². The molecule has 0 aliphatic heterocycles. The van der Waals surface area contributed by atoms with Crippen LogP contribution >= 0.6 is 0 Å². The summed E-state index contributed by atoms with van der Waals surface area (Å²) in [4.78, 5) is 14.7. The molecule has 1 fully saturated rings. The Morgan fingerprint density at radius 2 is 1.85 bits per heavy atom. The molecule has 0 bridgehead atoms. The highest BCUT2D eigenvalue weighted by molar-refractivity contribution is 5.78. The summed E-state index contributed by atoms with van der Waals surface area (Å²) in [5, 5.41) is 3.11. The van der Waals surface area contributed by atoms with Gasteiger partial charge in [0, 0.05) is 12.6 Å². The lowest BCUT2D eigenvalue weighted by atomic mass is 10.0. The van der Waals surface area contributed by atoms with Crippen LogP contribution in [0.3, 0.4) is 0 Å². The van der Waals surface area contributed by atoms with Gasteiger partial charge in [0.2, 0.25) is 5.91 Å². The lowest BCUT2D eigenvalue weighted by molar-refractivity contribution is -0.123. The van der Waals surface area contributed by atoms with Crippen LogP contribution in [0.2, 0.25) is 0 Å². The molecule has 3 rings (SSSR count). The lowest BCUT2D eigenvalue weighted by Crippen LogP contribution is -2.39. The van der Waals surface area contributed by atoms with E-state index in [-0.39, 0.29) is 17.8 Å². The third-order valence-corrected chi connectivity index (χ3v) is 5.12. The highest BCUT2D eigenvalue weighted by Gasteiger charge is 2.30. The summed E-state index contributed by atoms with van der Waals surface area (Å²) in [6.07, 6.45) is 2.25. The number of benzene rings is 2. The van der Waals surface area contributed by atoms with Gasteiger partial charge in [0.05, 0.1) is 12.6 Å². The number of rotatable bonds is 7. The van der Waals surface area contributed by atoms with Crippen LogP contribution in [0.5, 0.6) is 0 Å². The maximum Gasteiger partial charge on any atom is 0.234 e. The summed E-state index contributed by atoms with van der Waals surface area (Å²) in [6, 6.07) is 13.3. The first kappa shape index (κ1) is 18.6. The molecule has 4 heteroatoms. The molecule has 0 spiro atoms. The number of amides is 1. The van der Waals surface area contributed by atoms with Gasteiger partial charge in [-0.05, 0) is 68.0 Å². The zero-order valence-electron chi connectivity index (χ0n) is 15.8. The molecule has 1 atom stereocenters. The molecule has 1 amide bonds. The van der Waals surface area contributed by atoms with Gasteiger partial charge >= 0.3 is 0 Å². The van der Waals surface area contributed by atoms with Crippen molar-refractivity contribution in [1.29, 1.82) is 0 Å². The van der Waals surface area contributed by atoms with E-state index in [9.17, 15) is 9.18 Å². The van der Waals surface area contributed by atoms with Crippen LogP contribution in [0, 0.1) is 19.7 Å². The van der Waals surface area contributed by atoms with E-state index in [2.05, 4.69) is 42.3 Å². The van der Waals surface area contributed by atoms with Gasteiger partial charge in [-0.2, -0.15) is 0 Å². The fourth-order valence-electron chi connectivity index (χ4n) is 3.17. The van der Waals surface area contributed by atoms with Crippen LogP contribution in [0.15, 0.2) is 42.5 Å². The summed E-state index contributed by atoms with van der Waals surface area (Å²) in [6.45, 7) is 7.24. The number of hydrogen-bond acceptors (Lipinski definition) is 2. The Morgan fingerprint density at radius 3 is 2.46 bits per heavy atom. The van der Waals surface area contributed by atoms with Gasteiger partial charge in [0.1, 0.15) is 5.82 Å². The number of halogens is 1. The molecule has 0 radical (unpaired) electrons. The van der Waals surface area contributed by atoms with Crippen LogP contribution in [0.25, 0.3) is 0 Å². The van der Waals surface area contributed by atoms with Crippen molar-refractivity contribution in [3.8, 4) is 0 Å². The van der Waals surface area contributed by atoms with E-state index in [1.165, 1.54) is 23.3 Å². The molecule has 1 N–H and O–H groups in total. The van der Waals surface area contributed by atoms with Crippen molar-refractivity contribution in [1.82, 2.24) is 10.2 Å². The normalized spacial score (nSPS) is 15.1. The molecule has 1 saturated carbocycles. The van der Waals surface area contributed by atoms with Crippen molar-refractivity contribution in [3.63, 3.8) is 0 Å². The first-order valence-electron chi connectivity index (χ1n) is 9.27. The molecule has 0 aromatic heterocycles. The van der Waals surface area contributed by atoms with Gasteiger partial charge in [0.25, 0.3) is 0 Å². The third kappa shape index (κ3) is 4.92. The van der Waals surface area contributed by atoms with Crippen LogP contribution in [-0.4, -0.2) is 23.4 Å². The first-order chi connectivity index (χ1) is 12.4. The number of nitrogens with zero attached hydrogens (tertiary/aromatic N) is 1. The molecular weight excluding hydrogens is 327 g/mol. The highest BCUT2D eigenvalue weighted by Crippen LogP contribution is 2.28. The Morgan fingerprint density at radius 1 is 1.15 bits per heavy atom. The van der Waals surface area contributed by atoms with Crippen molar-refractivity contribution in [2.75, 3.05) is 6.54 Å². The minimum Gasteiger partial charge on any atom is -0.348 e. The second kappa shape index (κ2) is 8.00. The summed E-state index contributed by atoms with van der Waals surface area (Å²) >= 11 is 0. The van der Waals surface area contributed by atoms with E-state index >= 15 is 0 Å². The highest BCUT2D eigenvalue weighted by atomic mass is 19.1. The molecule has 2 aromatic rings. The predicted octanol–water partition coefficient (Wildman–Crippen LogP) is 4.28. The maximum absolute atomic E-state index is 13.1. The molecule has 0 saturated heterocycles. The average molecular weight is 354 g/mol. The quantitative estimate of drug-likeness (QED) is 0.805. The topological polar surface area (TPSA) is 32.3 Å². The van der Waals surface area contributed by atoms with Crippen molar-refractivity contribution in [2.24, 2.45) is 0 Å². The summed E-state index contributed by atoms with van der Waals surface area (Å²) in [5.74, 6) is -0.198. The van der Waals surface area contributed by atoms with Crippen LogP contribution < -0.4 is 5.32 Å². The Labute approximate surface area is 155 Å². The minimum absolute atomic E-state index is 0.0197. The molecule has 2 aromatic carbocycles. The van der Waals surface area contributed by atoms with Gasteiger partial charge in [-0.3, -0.25) is 9.69 Å². The fraction of sp³-hybridized carbons (Fsp3) is 0.409. The van der Waals surface area contributed by atoms with E-state index in [0.717, 1.165) is 24.0 Å². The van der Waals surface area contributed by atoms with Crippen molar-refractivity contribution >= 4 is 5.91 Å². The van der Waals surface area contributed by atoms with Crippen molar-refractivity contribution in [3.05, 3.63) is 70.5 Å². The predicted molar refractivity (Wildman–Crippen MR) is 102 cm³/mol. The van der Waals surface area contributed by atoms with Gasteiger partial charge in [-0.1, -0.05) is 30.3 Å². The molecule has 3 nitrogen and oxygen atoms in total. The van der Waals surface area contributed by atoms with E-state index < -0.39 is 0 Å². The van der Waals surface area contributed by atoms with Gasteiger partial charge in [-0.15, -0.1) is 0 Å². The number of nitrogens with one attached hydrogen (secondary N) is 1. The molecule has 1 unspecified atom stereocenters. The second-order valence-electron chi connectivity index (χ2n) is 7.40. The van der Waals surface area contributed by atoms with Gasteiger partial charge < -0.3 is 5.32 Å². The Hall–Kier alpha value is -2.20. The smallest absolute Gasteiger partial charge is 0.234 e. The largest absolute Gasteiger partial charge is 0.348 e. The van der Waals surface area contributed by atoms with Crippen molar-refractivity contribution in [2.45, 2.75) is 52.2 Å². The molecule has 1 aliphatic carbocycles. The zero-order chi connectivity index (χ0) is 18.7. The van der Waals surface area contributed by atoms with Gasteiger partial charge in [-0.25, -0.2) is 4.39 Å². The Balaban J connectivity index is 1.59. The molecule has 138 valence electrons. The van der Waals surface area contributed by atoms with E-state index in [1.54, 1.807) is 12.1 Å². The van der Waals surface area contributed by atoms with Crippen LogP contribution in [0.1, 0.15) is 48.1 Å². The Bertz CT molecular complexity index is 768. The van der Waals surface area contributed by atoms with E-state index in [4.69, 9.17) is 0 Å². The lowest BCUT2D eigenvalue weighted by Gasteiger charge is -2.23. The monoisotopic (exact) mass is 354 g/mol. The number of hydrogen-bond donors (Lipinski definition) is 1. The first-order valence-corrected chi connectivity index (χ1v) is 9.27. The van der Waals surface area contributed by atoms with E-state index in [0.29, 0.717) is 19.1 Å². The maximum atomic E-state index is 13.1. The SMILES string of the molecule is Cc1ccc(C(C)NC(=O)CN(Cc2ccc(F)cc2)C2CC2)cc1C. The number of aryl methyl sites for hydroxylation is 2. The summed E-state index contributed by atoms with van der Waals surface area (Å²) in [7, 11) is 0. The number of carbonyl (C=O) groups excluding carboxylic acids is 1. The number of carbonyl (C=O) groups is 1. The van der Waals surface area contributed by atoms with Gasteiger partial charge in [0.15, 0.2) is 0 Å². The molecular formula is C22H27FN2O. The minimum atomic E-state index is -0.230. The molecule has 0 heterocycles.